The van der Waals surface area contributed by atoms with Crippen LogP contribution in [0.4, 0.5) is 4.79 Å². The van der Waals surface area contributed by atoms with Crippen molar-refractivity contribution in [2.24, 2.45) is 0 Å². The Morgan fingerprint density at radius 3 is 2.14 bits per heavy atom. The summed E-state index contributed by atoms with van der Waals surface area (Å²) in [4.78, 5) is 23.5. The molecular formula is C17H17NO3. The summed E-state index contributed by atoms with van der Waals surface area (Å²) in [6, 6.07) is 17.8. The van der Waals surface area contributed by atoms with E-state index in [-0.39, 0.29) is 12.4 Å². The monoisotopic (exact) mass is 283 g/mol. The SMILES string of the molecule is CC(=O)[C@@H](NC(=O)OCc1ccccc1)c1ccccc1. The summed E-state index contributed by atoms with van der Waals surface area (Å²) in [5, 5.41) is 2.59. The predicted molar refractivity (Wildman–Crippen MR) is 79.6 cm³/mol. The van der Waals surface area contributed by atoms with Crippen LogP contribution in [0.15, 0.2) is 60.7 Å². The fourth-order valence-corrected chi connectivity index (χ4v) is 1.95. The zero-order valence-electron chi connectivity index (χ0n) is 11.8. The number of carbonyl (C=O) groups is 2. The summed E-state index contributed by atoms with van der Waals surface area (Å²) >= 11 is 0. The number of rotatable bonds is 5. The number of Topliss-reactive ketones (excluding diaryl/α,β-unsaturated/α-hetero) is 1. The largest absolute Gasteiger partial charge is 0.445 e. The minimum absolute atomic E-state index is 0.141. The molecule has 1 amide bonds. The summed E-state index contributed by atoms with van der Waals surface area (Å²) in [6.07, 6.45) is -0.608. The minimum atomic E-state index is -0.686. The number of amides is 1. The van der Waals surface area contributed by atoms with Gasteiger partial charge in [-0.1, -0.05) is 60.7 Å². The van der Waals surface area contributed by atoms with Gasteiger partial charge in [-0.15, -0.1) is 0 Å². The Morgan fingerprint density at radius 1 is 1.00 bits per heavy atom. The first-order valence-corrected chi connectivity index (χ1v) is 6.69. The van der Waals surface area contributed by atoms with Gasteiger partial charge in [0, 0.05) is 0 Å². The molecule has 4 nitrogen and oxygen atoms in total. The number of hydrogen-bond donors (Lipinski definition) is 1. The van der Waals surface area contributed by atoms with Crippen molar-refractivity contribution in [1.82, 2.24) is 5.32 Å². The summed E-state index contributed by atoms with van der Waals surface area (Å²) < 4.78 is 5.13. The third-order valence-corrected chi connectivity index (χ3v) is 3.01. The topological polar surface area (TPSA) is 55.4 Å². The molecule has 0 radical (unpaired) electrons. The van der Waals surface area contributed by atoms with Crippen molar-refractivity contribution in [3.8, 4) is 0 Å². The molecule has 0 heterocycles. The molecule has 0 spiro atoms. The van der Waals surface area contributed by atoms with Crippen molar-refractivity contribution >= 4 is 11.9 Å². The van der Waals surface area contributed by atoms with Crippen LogP contribution in [0, 0.1) is 0 Å². The number of nitrogens with one attached hydrogen (secondary N) is 1. The van der Waals surface area contributed by atoms with Gasteiger partial charge in [-0.05, 0) is 18.1 Å². The predicted octanol–water partition coefficient (Wildman–Crippen LogP) is 3.24. The van der Waals surface area contributed by atoms with Gasteiger partial charge in [-0.25, -0.2) is 4.79 Å². The molecule has 0 aliphatic heterocycles. The van der Waals surface area contributed by atoms with Crippen LogP contribution in [0.1, 0.15) is 24.1 Å². The van der Waals surface area contributed by atoms with Crippen LogP contribution in [0.3, 0.4) is 0 Å². The fraction of sp³-hybridized carbons (Fsp3) is 0.176. The lowest BCUT2D eigenvalue weighted by molar-refractivity contribution is -0.119. The van der Waals surface area contributed by atoms with Crippen LogP contribution in [-0.4, -0.2) is 11.9 Å². The lowest BCUT2D eigenvalue weighted by Gasteiger charge is -2.16. The summed E-state index contributed by atoms with van der Waals surface area (Å²) in [7, 11) is 0. The molecule has 108 valence electrons. The molecule has 2 rings (SSSR count). The maximum atomic E-state index is 11.8. The maximum Gasteiger partial charge on any atom is 0.408 e. The highest BCUT2D eigenvalue weighted by Crippen LogP contribution is 2.14. The Labute approximate surface area is 123 Å². The van der Waals surface area contributed by atoms with Gasteiger partial charge in [0.25, 0.3) is 0 Å². The molecule has 1 N–H and O–H groups in total. The van der Waals surface area contributed by atoms with E-state index in [1.807, 2.05) is 48.5 Å². The first-order valence-electron chi connectivity index (χ1n) is 6.69. The average molecular weight is 283 g/mol. The van der Waals surface area contributed by atoms with Gasteiger partial charge < -0.3 is 10.1 Å². The van der Waals surface area contributed by atoms with Crippen LogP contribution < -0.4 is 5.32 Å². The van der Waals surface area contributed by atoms with Crippen LogP contribution in [0.25, 0.3) is 0 Å². The number of ether oxygens (including phenoxy) is 1. The van der Waals surface area contributed by atoms with E-state index in [1.54, 1.807) is 12.1 Å². The molecule has 4 heteroatoms. The van der Waals surface area contributed by atoms with Crippen molar-refractivity contribution in [3.63, 3.8) is 0 Å². The Balaban J connectivity index is 1.95. The molecule has 0 unspecified atom stereocenters. The van der Waals surface area contributed by atoms with Crippen LogP contribution in [0.2, 0.25) is 0 Å². The first kappa shape index (κ1) is 14.8. The van der Waals surface area contributed by atoms with Gasteiger partial charge in [0.2, 0.25) is 0 Å². The zero-order valence-corrected chi connectivity index (χ0v) is 11.8. The van der Waals surface area contributed by atoms with E-state index in [1.165, 1.54) is 6.92 Å². The van der Waals surface area contributed by atoms with Gasteiger partial charge in [0.15, 0.2) is 5.78 Å². The molecule has 0 aliphatic carbocycles. The highest BCUT2D eigenvalue weighted by molar-refractivity contribution is 5.86. The molecule has 0 aliphatic rings. The van der Waals surface area contributed by atoms with E-state index in [4.69, 9.17) is 4.74 Å². The number of alkyl carbamates (subject to hydrolysis) is 1. The smallest absolute Gasteiger partial charge is 0.408 e. The van der Waals surface area contributed by atoms with Crippen molar-refractivity contribution < 1.29 is 14.3 Å². The van der Waals surface area contributed by atoms with Crippen molar-refractivity contribution in [3.05, 3.63) is 71.8 Å². The van der Waals surface area contributed by atoms with E-state index in [9.17, 15) is 9.59 Å². The normalized spacial score (nSPS) is 11.5. The van der Waals surface area contributed by atoms with Gasteiger partial charge in [-0.2, -0.15) is 0 Å². The molecule has 21 heavy (non-hydrogen) atoms. The molecule has 0 saturated carbocycles. The van der Waals surface area contributed by atoms with Crippen molar-refractivity contribution in [2.75, 3.05) is 0 Å². The van der Waals surface area contributed by atoms with Crippen molar-refractivity contribution in [1.29, 1.82) is 0 Å². The lowest BCUT2D eigenvalue weighted by atomic mass is 10.0. The molecule has 2 aromatic carbocycles. The molecule has 0 fully saturated rings. The van der Waals surface area contributed by atoms with Gasteiger partial charge in [0.1, 0.15) is 12.6 Å². The van der Waals surface area contributed by atoms with E-state index in [0.717, 1.165) is 11.1 Å². The zero-order chi connectivity index (χ0) is 15.1. The number of benzene rings is 2. The molecule has 2 aromatic rings. The summed E-state index contributed by atoms with van der Waals surface area (Å²) in [6.45, 7) is 1.61. The standard InChI is InChI=1S/C17H17NO3/c1-13(19)16(15-10-6-3-7-11-15)18-17(20)21-12-14-8-4-2-5-9-14/h2-11,16H,12H2,1H3,(H,18,20)/t16-/m1/s1. The number of carbonyl (C=O) groups excluding carboxylic acids is 2. The average Bonchev–Trinajstić information content (AvgIpc) is 2.52. The molecular weight excluding hydrogens is 266 g/mol. The second kappa shape index (κ2) is 7.24. The van der Waals surface area contributed by atoms with Gasteiger partial charge in [0.05, 0.1) is 0 Å². The lowest BCUT2D eigenvalue weighted by Crippen LogP contribution is -2.33. The Bertz CT molecular complexity index is 596. The number of hydrogen-bond acceptors (Lipinski definition) is 3. The van der Waals surface area contributed by atoms with Gasteiger partial charge >= 0.3 is 6.09 Å². The summed E-state index contributed by atoms with van der Waals surface area (Å²) in [5.74, 6) is -0.141. The van der Waals surface area contributed by atoms with E-state index < -0.39 is 12.1 Å². The Kier molecular flexibility index (Phi) is 5.10. The highest BCUT2D eigenvalue weighted by Gasteiger charge is 2.19. The number of ketones is 1. The van der Waals surface area contributed by atoms with Crippen LogP contribution in [0.5, 0.6) is 0 Å². The quantitative estimate of drug-likeness (QED) is 0.916. The van der Waals surface area contributed by atoms with Crippen LogP contribution >= 0.6 is 0 Å². The first-order chi connectivity index (χ1) is 10.2. The van der Waals surface area contributed by atoms with Gasteiger partial charge in [-0.3, -0.25) is 4.79 Å². The molecule has 0 aromatic heterocycles. The third kappa shape index (κ3) is 4.45. The minimum Gasteiger partial charge on any atom is -0.445 e. The maximum absolute atomic E-state index is 11.8. The fourth-order valence-electron chi connectivity index (χ4n) is 1.95. The second-order valence-electron chi connectivity index (χ2n) is 4.66. The van der Waals surface area contributed by atoms with E-state index in [2.05, 4.69) is 5.32 Å². The Morgan fingerprint density at radius 2 is 1.57 bits per heavy atom. The molecule has 0 saturated heterocycles. The third-order valence-electron chi connectivity index (χ3n) is 3.01. The van der Waals surface area contributed by atoms with E-state index >= 15 is 0 Å². The highest BCUT2D eigenvalue weighted by atomic mass is 16.5. The van der Waals surface area contributed by atoms with E-state index in [0.29, 0.717) is 0 Å². The Hall–Kier alpha value is -2.62. The molecule has 1 atom stereocenters. The van der Waals surface area contributed by atoms with Crippen LogP contribution in [-0.2, 0) is 16.1 Å². The second-order valence-corrected chi connectivity index (χ2v) is 4.66. The van der Waals surface area contributed by atoms with Crippen molar-refractivity contribution in [2.45, 2.75) is 19.6 Å². The molecule has 0 bridgehead atoms. The summed E-state index contributed by atoms with van der Waals surface area (Å²) in [5.41, 5.74) is 1.63.